The van der Waals surface area contributed by atoms with E-state index in [1.54, 1.807) is 0 Å². The normalized spacial score (nSPS) is 32.2. The molecule has 1 atom stereocenters. The van der Waals surface area contributed by atoms with Gasteiger partial charge in [0.1, 0.15) is 0 Å². The summed E-state index contributed by atoms with van der Waals surface area (Å²) in [4.78, 5) is 0. The molecule has 112 valence electrons. The van der Waals surface area contributed by atoms with Gasteiger partial charge in [-0.3, -0.25) is 0 Å². The highest BCUT2D eigenvalue weighted by Crippen LogP contribution is 2.45. The Morgan fingerprint density at radius 1 is 0.789 bits per heavy atom. The summed E-state index contributed by atoms with van der Waals surface area (Å²) >= 11 is 0. The Balaban J connectivity index is 2.00. The molecule has 2 aliphatic carbocycles. The summed E-state index contributed by atoms with van der Waals surface area (Å²) < 4.78 is 0. The molecule has 2 saturated carbocycles. The van der Waals surface area contributed by atoms with Gasteiger partial charge in [-0.1, -0.05) is 72.6 Å². The Morgan fingerprint density at radius 2 is 1.32 bits per heavy atom. The third-order valence-electron chi connectivity index (χ3n) is 5.77. The van der Waals surface area contributed by atoms with Gasteiger partial charge in [-0.05, 0) is 48.3 Å². The molecule has 0 aliphatic heterocycles. The maximum Gasteiger partial charge on any atom is -0.0352 e. The minimum absolute atomic E-state index is 0.519. The summed E-state index contributed by atoms with van der Waals surface area (Å²) in [6.07, 6.45) is 15.1. The Labute approximate surface area is 121 Å². The summed E-state index contributed by atoms with van der Waals surface area (Å²) in [5.41, 5.74) is 0.519. The molecular weight excluding hydrogens is 228 g/mol. The van der Waals surface area contributed by atoms with Crippen LogP contribution in [-0.2, 0) is 0 Å². The molecular formula is C19H36. The monoisotopic (exact) mass is 264 g/mol. The molecule has 2 fully saturated rings. The molecule has 0 radical (unpaired) electrons. The topological polar surface area (TPSA) is 0 Å². The van der Waals surface area contributed by atoms with E-state index < -0.39 is 0 Å². The lowest BCUT2D eigenvalue weighted by atomic mass is 9.64. The Morgan fingerprint density at radius 3 is 1.84 bits per heavy atom. The van der Waals surface area contributed by atoms with Gasteiger partial charge in [-0.25, -0.2) is 0 Å². The first kappa shape index (κ1) is 15.4. The maximum absolute atomic E-state index is 2.45. The number of hydrogen-bond acceptors (Lipinski definition) is 0. The molecule has 0 bridgehead atoms. The fourth-order valence-electron chi connectivity index (χ4n) is 4.70. The zero-order chi connectivity index (χ0) is 13.9. The first-order valence-electron chi connectivity index (χ1n) is 8.96. The summed E-state index contributed by atoms with van der Waals surface area (Å²) in [5, 5.41) is 0. The van der Waals surface area contributed by atoms with Crippen molar-refractivity contribution in [1.29, 1.82) is 0 Å². The maximum atomic E-state index is 2.45. The van der Waals surface area contributed by atoms with Crippen LogP contribution >= 0.6 is 0 Å². The predicted molar refractivity (Wildman–Crippen MR) is 85.3 cm³/mol. The number of hydrogen-bond donors (Lipinski definition) is 0. The van der Waals surface area contributed by atoms with Crippen molar-refractivity contribution in [2.45, 2.75) is 91.9 Å². The average Bonchev–Trinajstić information content (AvgIpc) is 2.37. The van der Waals surface area contributed by atoms with Gasteiger partial charge in [0.2, 0.25) is 0 Å². The van der Waals surface area contributed by atoms with Crippen LogP contribution in [0.2, 0.25) is 0 Å². The fraction of sp³-hybridized carbons (Fsp3) is 1.00. The van der Waals surface area contributed by atoms with E-state index in [4.69, 9.17) is 0 Å². The summed E-state index contributed by atoms with van der Waals surface area (Å²) in [5.74, 6) is 4.15. The lowest BCUT2D eigenvalue weighted by molar-refractivity contribution is 0.0903. The highest BCUT2D eigenvalue weighted by molar-refractivity contribution is 4.85. The second-order valence-corrected chi connectivity index (χ2v) is 8.85. The molecule has 0 heteroatoms. The van der Waals surface area contributed by atoms with Crippen LogP contribution < -0.4 is 0 Å². The zero-order valence-electron chi connectivity index (χ0n) is 13.9. The first-order chi connectivity index (χ1) is 8.96. The van der Waals surface area contributed by atoms with Crippen molar-refractivity contribution in [3.63, 3.8) is 0 Å². The third kappa shape index (κ3) is 4.80. The van der Waals surface area contributed by atoms with Gasteiger partial charge in [0.05, 0.1) is 0 Å². The van der Waals surface area contributed by atoms with Gasteiger partial charge in [0.25, 0.3) is 0 Å². The third-order valence-corrected chi connectivity index (χ3v) is 5.77. The standard InChI is InChI=1S/C19H36/c1-15-10-12-17(13-11-15)18(14-19(2,3)4)16-8-6-5-7-9-16/h15-18H,5-14H2,1-4H3. The van der Waals surface area contributed by atoms with E-state index in [1.165, 1.54) is 64.2 Å². The molecule has 0 aromatic carbocycles. The molecule has 0 spiro atoms. The molecule has 0 saturated heterocycles. The predicted octanol–water partition coefficient (Wildman–Crippen LogP) is 6.45. The van der Waals surface area contributed by atoms with Crippen LogP contribution in [0.5, 0.6) is 0 Å². The Bertz CT molecular complexity index is 246. The zero-order valence-corrected chi connectivity index (χ0v) is 13.9. The van der Waals surface area contributed by atoms with Crippen molar-refractivity contribution in [3.05, 3.63) is 0 Å². The van der Waals surface area contributed by atoms with E-state index in [-0.39, 0.29) is 0 Å². The van der Waals surface area contributed by atoms with Crippen LogP contribution in [0.4, 0.5) is 0 Å². The Hall–Kier alpha value is 0. The lowest BCUT2D eigenvalue weighted by Crippen LogP contribution is -2.31. The number of rotatable bonds is 3. The summed E-state index contributed by atoms with van der Waals surface area (Å²) in [6, 6.07) is 0. The molecule has 2 rings (SSSR count). The SMILES string of the molecule is CC1CCC(C(CC(C)(C)C)C2CCCCC2)CC1. The van der Waals surface area contributed by atoms with Gasteiger partial charge in [-0.15, -0.1) is 0 Å². The van der Waals surface area contributed by atoms with Gasteiger partial charge in [0.15, 0.2) is 0 Å². The smallest absolute Gasteiger partial charge is 0.0352 e. The molecule has 19 heavy (non-hydrogen) atoms. The van der Waals surface area contributed by atoms with Crippen molar-refractivity contribution < 1.29 is 0 Å². The minimum Gasteiger partial charge on any atom is -0.0625 e. The highest BCUT2D eigenvalue weighted by atomic mass is 14.4. The molecule has 0 aromatic rings. The quantitative estimate of drug-likeness (QED) is 0.550. The molecule has 0 aromatic heterocycles. The second-order valence-electron chi connectivity index (χ2n) is 8.85. The van der Waals surface area contributed by atoms with E-state index in [0.29, 0.717) is 5.41 Å². The second kappa shape index (κ2) is 6.64. The van der Waals surface area contributed by atoms with Crippen LogP contribution in [0, 0.1) is 29.1 Å². The Kier molecular flexibility index (Phi) is 5.37. The van der Waals surface area contributed by atoms with Crippen molar-refractivity contribution in [2.24, 2.45) is 29.1 Å². The average molecular weight is 264 g/mol. The fourth-order valence-corrected chi connectivity index (χ4v) is 4.70. The van der Waals surface area contributed by atoms with Crippen molar-refractivity contribution in [3.8, 4) is 0 Å². The van der Waals surface area contributed by atoms with Crippen LogP contribution in [0.15, 0.2) is 0 Å². The molecule has 0 heterocycles. The van der Waals surface area contributed by atoms with E-state index >= 15 is 0 Å². The van der Waals surface area contributed by atoms with Gasteiger partial charge < -0.3 is 0 Å². The van der Waals surface area contributed by atoms with Crippen LogP contribution in [-0.4, -0.2) is 0 Å². The van der Waals surface area contributed by atoms with Gasteiger partial charge in [-0.2, -0.15) is 0 Å². The van der Waals surface area contributed by atoms with E-state index in [1.807, 2.05) is 0 Å². The lowest BCUT2D eigenvalue weighted by Gasteiger charge is -2.42. The van der Waals surface area contributed by atoms with E-state index in [0.717, 1.165) is 23.7 Å². The molecule has 0 amide bonds. The summed E-state index contributed by atoms with van der Waals surface area (Å²) in [6.45, 7) is 9.81. The van der Waals surface area contributed by atoms with Gasteiger partial charge >= 0.3 is 0 Å². The van der Waals surface area contributed by atoms with Crippen LogP contribution in [0.1, 0.15) is 91.9 Å². The first-order valence-corrected chi connectivity index (χ1v) is 8.96. The van der Waals surface area contributed by atoms with E-state index in [2.05, 4.69) is 27.7 Å². The molecule has 1 unspecified atom stereocenters. The minimum atomic E-state index is 0.519. The molecule has 0 nitrogen and oxygen atoms in total. The van der Waals surface area contributed by atoms with Crippen molar-refractivity contribution in [1.82, 2.24) is 0 Å². The van der Waals surface area contributed by atoms with E-state index in [9.17, 15) is 0 Å². The molecule has 0 N–H and O–H groups in total. The largest absolute Gasteiger partial charge is 0.0625 e. The highest BCUT2D eigenvalue weighted by Gasteiger charge is 2.34. The molecule has 2 aliphatic rings. The summed E-state index contributed by atoms with van der Waals surface area (Å²) in [7, 11) is 0. The van der Waals surface area contributed by atoms with Gasteiger partial charge in [0, 0.05) is 0 Å². The van der Waals surface area contributed by atoms with Crippen LogP contribution in [0.3, 0.4) is 0 Å². The van der Waals surface area contributed by atoms with Crippen molar-refractivity contribution in [2.75, 3.05) is 0 Å². The van der Waals surface area contributed by atoms with Crippen LogP contribution in [0.25, 0.3) is 0 Å². The van der Waals surface area contributed by atoms with Crippen molar-refractivity contribution >= 4 is 0 Å².